The van der Waals surface area contributed by atoms with Crippen LogP contribution in [0.4, 0.5) is 11.6 Å². The lowest BCUT2D eigenvalue weighted by Crippen LogP contribution is -2.12. The van der Waals surface area contributed by atoms with Gasteiger partial charge in [0, 0.05) is 30.5 Å². The van der Waals surface area contributed by atoms with E-state index >= 15 is 0 Å². The van der Waals surface area contributed by atoms with Crippen molar-refractivity contribution in [2.75, 3.05) is 5.32 Å². The van der Waals surface area contributed by atoms with Crippen LogP contribution in [0, 0.1) is 11.3 Å². The molecule has 0 fully saturated rings. The van der Waals surface area contributed by atoms with Gasteiger partial charge in [0.2, 0.25) is 5.95 Å². The molecule has 2 aromatic carbocycles. The summed E-state index contributed by atoms with van der Waals surface area (Å²) in [7, 11) is 0. The van der Waals surface area contributed by atoms with Crippen molar-refractivity contribution in [1.29, 1.82) is 5.26 Å². The number of nitriles is 1. The van der Waals surface area contributed by atoms with Crippen LogP contribution in [0.15, 0.2) is 42.6 Å². The fraction of sp³-hybridized carbons (Fsp3) is 0.292. The second kappa shape index (κ2) is 6.68. The van der Waals surface area contributed by atoms with E-state index in [9.17, 15) is 5.26 Å². The minimum Gasteiger partial charge on any atom is -0.324 e. The Balaban J connectivity index is 1.53. The first-order chi connectivity index (χ1) is 14.0. The molecule has 0 atom stereocenters. The van der Waals surface area contributed by atoms with Gasteiger partial charge in [0.1, 0.15) is 0 Å². The molecule has 5 rings (SSSR count). The van der Waals surface area contributed by atoms with E-state index in [-0.39, 0.29) is 5.41 Å². The fourth-order valence-electron chi connectivity index (χ4n) is 4.51. The van der Waals surface area contributed by atoms with Crippen LogP contribution in [0.25, 0.3) is 11.3 Å². The number of fused-ring (bicyclic) bond motifs is 2. The maximum Gasteiger partial charge on any atom is 0.227 e. The van der Waals surface area contributed by atoms with E-state index in [2.05, 4.69) is 59.8 Å². The molecule has 144 valence electrons. The summed E-state index contributed by atoms with van der Waals surface area (Å²) < 4.78 is 0. The molecule has 1 aliphatic carbocycles. The molecule has 1 aromatic heterocycles. The number of rotatable bonds is 3. The average Bonchev–Trinajstić information content (AvgIpc) is 3.33. The van der Waals surface area contributed by atoms with Gasteiger partial charge in [-0.3, -0.25) is 0 Å². The third-order valence-corrected chi connectivity index (χ3v) is 6.19. The Kier molecular flexibility index (Phi) is 4.11. The maximum atomic E-state index is 9.68. The highest BCUT2D eigenvalue weighted by Gasteiger charge is 2.32. The lowest BCUT2D eigenvalue weighted by molar-refractivity contribution is 0.522. The van der Waals surface area contributed by atoms with Crippen LogP contribution >= 0.6 is 0 Å². The molecule has 0 unspecified atom stereocenters. The number of hydrogen-bond donors (Lipinski definition) is 2. The molecule has 29 heavy (non-hydrogen) atoms. The van der Waals surface area contributed by atoms with Crippen molar-refractivity contribution in [1.82, 2.24) is 15.3 Å². The fourth-order valence-corrected chi connectivity index (χ4v) is 4.51. The maximum absolute atomic E-state index is 9.68. The minimum atomic E-state index is 0.0860. The molecule has 0 saturated carbocycles. The van der Waals surface area contributed by atoms with E-state index in [1.54, 1.807) is 6.20 Å². The number of aromatic nitrogens is 2. The summed E-state index contributed by atoms with van der Waals surface area (Å²) in [5.74, 6) is 0.570. The molecule has 1 aliphatic heterocycles. The molecule has 0 bridgehead atoms. The highest BCUT2D eigenvalue weighted by molar-refractivity contribution is 5.68. The Morgan fingerprint density at radius 3 is 2.90 bits per heavy atom. The van der Waals surface area contributed by atoms with E-state index in [4.69, 9.17) is 4.98 Å². The third-order valence-electron chi connectivity index (χ3n) is 6.19. The van der Waals surface area contributed by atoms with Crippen molar-refractivity contribution in [3.63, 3.8) is 0 Å². The Morgan fingerprint density at radius 2 is 2.03 bits per heavy atom. The van der Waals surface area contributed by atoms with E-state index in [1.165, 1.54) is 22.3 Å². The number of anilines is 2. The Hall–Kier alpha value is -3.23. The van der Waals surface area contributed by atoms with Gasteiger partial charge in [0.15, 0.2) is 0 Å². The van der Waals surface area contributed by atoms with Gasteiger partial charge in [0.05, 0.1) is 17.3 Å². The molecule has 2 heterocycles. The molecule has 0 saturated heterocycles. The van der Waals surface area contributed by atoms with Gasteiger partial charge in [-0.1, -0.05) is 26.0 Å². The summed E-state index contributed by atoms with van der Waals surface area (Å²) >= 11 is 0. The smallest absolute Gasteiger partial charge is 0.227 e. The van der Waals surface area contributed by atoms with Crippen molar-refractivity contribution in [2.24, 2.45) is 0 Å². The van der Waals surface area contributed by atoms with Crippen LogP contribution in [-0.4, -0.2) is 9.97 Å². The number of benzene rings is 2. The second-order valence-electron chi connectivity index (χ2n) is 8.48. The summed E-state index contributed by atoms with van der Waals surface area (Å²) in [6.07, 6.45) is 3.82. The summed E-state index contributed by atoms with van der Waals surface area (Å²) in [6, 6.07) is 14.7. The van der Waals surface area contributed by atoms with Crippen LogP contribution in [0.1, 0.15) is 48.1 Å². The van der Waals surface area contributed by atoms with Crippen LogP contribution in [0.3, 0.4) is 0 Å². The first kappa shape index (κ1) is 17.8. The van der Waals surface area contributed by atoms with Crippen molar-refractivity contribution in [2.45, 2.75) is 45.2 Å². The molecular weight excluding hydrogens is 358 g/mol. The summed E-state index contributed by atoms with van der Waals surface area (Å²) in [5.41, 5.74) is 8.74. The Bertz CT molecular complexity index is 1160. The lowest BCUT2D eigenvalue weighted by atomic mass is 9.84. The van der Waals surface area contributed by atoms with Gasteiger partial charge in [-0.25, -0.2) is 9.97 Å². The molecule has 0 spiro atoms. The van der Waals surface area contributed by atoms with Crippen LogP contribution < -0.4 is 10.6 Å². The highest BCUT2D eigenvalue weighted by Crippen LogP contribution is 2.41. The SMILES string of the molecule is CC1(C)CCc2c(C#N)cc(-c3ccnc(Nc4cccc5c4CNC5)n3)cc21. The molecule has 5 heteroatoms. The molecular formula is C24H23N5. The molecule has 0 amide bonds. The first-order valence-corrected chi connectivity index (χ1v) is 10.0. The van der Waals surface area contributed by atoms with E-state index in [0.717, 1.165) is 48.4 Å². The zero-order valence-electron chi connectivity index (χ0n) is 16.7. The predicted octanol–water partition coefficient (Wildman–Crippen LogP) is 4.59. The molecule has 0 radical (unpaired) electrons. The predicted molar refractivity (Wildman–Crippen MR) is 114 cm³/mol. The first-order valence-electron chi connectivity index (χ1n) is 10.0. The van der Waals surface area contributed by atoms with Crippen molar-refractivity contribution in [3.8, 4) is 17.3 Å². The Labute approximate surface area is 170 Å². The van der Waals surface area contributed by atoms with Crippen LogP contribution in [0.5, 0.6) is 0 Å². The van der Waals surface area contributed by atoms with Crippen LogP contribution in [-0.2, 0) is 24.9 Å². The van der Waals surface area contributed by atoms with Gasteiger partial charge in [-0.05, 0) is 64.8 Å². The van der Waals surface area contributed by atoms with Gasteiger partial charge in [-0.15, -0.1) is 0 Å². The van der Waals surface area contributed by atoms with Gasteiger partial charge < -0.3 is 10.6 Å². The van der Waals surface area contributed by atoms with E-state index < -0.39 is 0 Å². The number of nitrogens with one attached hydrogen (secondary N) is 2. The normalized spacial score (nSPS) is 16.2. The number of nitrogens with zero attached hydrogens (tertiary/aromatic N) is 3. The summed E-state index contributed by atoms with van der Waals surface area (Å²) in [6.45, 7) is 6.25. The molecule has 2 N–H and O–H groups in total. The molecule has 2 aliphatic rings. The van der Waals surface area contributed by atoms with Crippen molar-refractivity contribution in [3.05, 3.63) is 70.4 Å². The van der Waals surface area contributed by atoms with E-state index in [0.29, 0.717) is 5.95 Å². The van der Waals surface area contributed by atoms with Crippen molar-refractivity contribution < 1.29 is 0 Å². The second-order valence-corrected chi connectivity index (χ2v) is 8.48. The third kappa shape index (κ3) is 3.06. The van der Waals surface area contributed by atoms with Gasteiger partial charge in [-0.2, -0.15) is 5.26 Å². The summed E-state index contributed by atoms with van der Waals surface area (Å²) in [4.78, 5) is 9.18. The quantitative estimate of drug-likeness (QED) is 0.694. The molecule has 5 nitrogen and oxygen atoms in total. The molecule has 3 aromatic rings. The monoisotopic (exact) mass is 381 g/mol. The number of hydrogen-bond acceptors (Lipinski definition) is 5. The van der Waals surface area contributed by atoms with Crippen molar-refractivity contribution >= 4 is 11.6 Å². The lowest BCUT2D eigenvalue weighted by Gasteiger charge is -2.20. The zero-order chi connectivity index (χ0) is 20.0. The van der Waals surface area contributed by atoms with Gasteiger partial charge in [0.25, 0.3) is 0 Å². The topological polar surface area (TPSA) is 73.6 Å². The van der Waals surface area contributed by atoms with Crippen LogP contribution in [0.2, 0.25) is 0 Å². The van der Waals surface area contributed by atoms with Gasteiger partial charge >= 0.3 is 0 Å². The Morgan fingerprint density at radius 1 is 1.14 bits per heavy atom. The largest absolute Gasteiger partial charge is 0.324 e. The average molecular weight is 381 g/mol. The summed E-state index contributed by atoms with van der Waals surface area (Å²) in [5, 5.41) is 16.4. The van der Waals surface area contributed by atoms with E-state index in [1.807, 2.05) is 12.1 Å². The standard InChI is InChI=1S/C24H23N5/c1-24(2)8-6-18-17(12-25)10-16(11-20(18)24)21-7-9-27-23(28-21)29-22-5-3-4-15-13-26-14-19(15)22/h3-5,7,9-11,26H,6,8,13-14H2,1-2H3,(H,27,28,29). The zero-order valence-corrected chi connectivity index (χ0v) is 16.7. The minimum absolute atomic E-state index is 0.0860. The highest BCUT2D eigenvalue weighted by atomic mass is 15.1.